The van der Waals surface area contributed by atoms with Gasteiger partial charge in [0.15, 0.2) is 0 Å². The Morgan fingerprint density at radius 2 is 2.27 bits per heavy atom. The van der Waals surface area contributed by atoms with Crippen molar-refractivity contribution in [3.63, 3.8) is 0 Å². The Labute approximate surface area is 85.9 Å². The van der Waals surface area contributed by atoms with E-state index in [1.54, 1.807) is 18.2 Å². The highest BCUT2D eigenvalue weighted by molar-refractivity contribution is 5.96. The second-order valence-corrected chi connectivity index (χ2v) is 3.83. The molecule has 1 aliphatic carbocycles. The maximum absolute atomic E-state index is 11.0. The van der Waals surface area contributed by atoms with Gasteiger partial charge in [-0.3, -0.25) is 4.79 Å². The highest BCUT2D eigenvalue weighted by Gasteiger charge is 2.26. The van der Waals surface area contributed by atoms with Gasteiger partial charge in [0.05, 0.1) is 11.6 Å². The van der Waals surface area contributed by atoms with E-state index in [-0.39, 0.29) is 0 Å². The van der Waals surface area contributed by atoms with Crippen molar-refractivity contribution in [2.45, 2.75) is 18.9 Å². The molecule has 3 rings (SSSR count). The maximum atomic E-state index is 11.0. The number of amides is 1. The number of carbonyl (C=O) groups excluding carboxylic acids is 1. The van der Waals surface area contributed by atoms with Gasteiger partial charge in [0.2, 0.25) is 5.91 Å². The third-order valence-electron chi connectivity index (χ3n) is 2.65. The molecule has 15 heavy (non-hydrogen) atoms. The molecule has 1 heterocycles. The summed E-state index contributed by atoms with van der Waals surface area (Å²) in [5.41, 5.74) is 7.44. The third kappa shape index (κ3) is 1.27. The third-order valence-corrected chi connectivity index (χ3v) is 2.65. The topological polar surface area (TPSA) is 73.8 Å². The summed E-state index contributed by atoms with van der Waals surface area (Å²) in [5, 5.41) is 8.11. The number of primary amides is 1. The van der Waals surface area contributed by atoms with E-state index in [9.17, 15) is 4.79 Å². The number of rotatable bonds is 2. The molecule has 1 aromatic carbocycles. The molecule has 5 nitrogen and oxygen atoms in total. The molecule has 2 N–H and O–H groups in total. The monoisotopic (exact) mass is 202 g/mol. The van der Waals surface area contributed by atoms with Gasteiger partial charge >= 0.3 is 0 Å². The highest BCUT2D eigenvalue weighted by atomic mass is 16.1. The lowest BCUT2D eigenvalue weighted by Crippen LogP contribution is -2.10. The summed E-state index contributed by atoms with van der Waals surface area (Å²) in [5.74, 6) is -0.416. The minimum atomic E-state index is -0.416. The van der Waals surface area contributed by atoms with Crippen LogP contribution in [-0.2, 0) is 0 Å². The molecule has 0 aliphatic heterocycles. The van der Waals surface area contributed by atoms with Gasteiger partial charge in [-0.25, -0.2) is 4.68 Å². The molecule has 0 bridgehead atoms. The zero-order valence-corrected chi connectivity index (χ0v) is 8.05. The van der Waals surface area contributed by atoms with Crippen LogP contribution in [0.2, 0.25) is 0 Å². The van der Waals surface area contributed by atoms with Crippen LogP contribution in [0.1, 0.15) is 29.2 Å². The van der Waals surface area contributed by atoms with Crippen LogP contribution in [0.4, 0.5) is 0 Å². The van der Waals surface area contributed by atoms with E-state index in [2.05, 4.69) is 10.3 Å². The maximum Gasteiger partial charge on any atom is 0.248 e. The molecule has 1 fully saturated rings. The Hall–Kier alpha value is -1.91. The van der Waals surface area contributed by atoms with Crippen LogP contribution in [0.15, 0.2) is 18.2 Å². The van der Waals surface area contributed by atoms with Crippen molar-refractivity contribution >= 4 is 16.9 Å². The van der Waals surface area contributed by atoms with Crippen LogP contribution < -0.4 is 5.73 Å². The molecule has 2 aromatic rings. The molecule has 76 valence electrons. The van der Waals surface area contributed by atoms with Crippen LogP contribution in [0.25, 0.3) is 11.0 Å². The van der Waals surface area contributed by atoms with Gasteiger partial charge in [0.25, 0.3) is 0 Å². The lowest BCUT2D eigenvalue weighted by Gasteiger charge is -1.99. The number of nitrogens with zero attached hydrogens (tertiary/aromatic N) is 3. The fourth-order valence-electron chi connectivity index (χ4n) is 1.68. The molecular weight excluding hydrogens is 192 g/mol. The first kappa shape index (κ1) is 8.40. The van der Waals surface area contributed by atoms with Crippen LogP contribution >= 0.6 is 0 Å². The number of nitrogens with two attached hydrogens (primary N) is 1. The largest absolute Gasteiger partial charge is 0.366 e. The first-order valence-electron chi connectivity index (χ1n) is 4.90. The first-order valence-corrected chi connectivity index (χ1v) is 4.90. The first-order chi connectivity index (χ1) is 7.25. The van der Waals surface area contributed by atoms with Crippen LogP contribution in [-0.4, -0.2) is 20.9 Å². The van der Waals surface area contributed by atoms with Gasteiger partial charge in [-0.05, 0) is 31.0 Å². The Kier molecular flexibility index (Phi) is 1.56. The fraction of sp³-hybridized carbons (Fsp3) is 0.300. The van der Waals surface area contributed by atoms with Crippen molar-refractivity contribution in [1.29, 1.82) is 0 Å². The summed E-state index contributed by atoms with van der Waals surface area (Å²) in [6.45, 7) is 0. The molecule has 5 heteroatoms. The standard InChI is InChI=1S/C10H10N4O/c11-10(15)6-1-4-8-9(5-6)14(13-12-8)7-2-3-7/h1,4-5,7H,2-3H2,(H2,11,15). The quantitative estimate of drug-likeness (QED) is 0.785. The Morgan fingerprint density at radius 3 is 2.93 bits per heavy atom. The van der Waals surface area contributed by atoms with E-state index in [1.807, 2.05) is 4.68 Å². The zero-order valence-electron chi connectivity index (χ0n) is 8.05. The van der Waals surface area contributed by atoms with Crippen LogP contribution in [0.5, 0.6) is 0 Å². The molecule has 0 spiro atoms. The molecule has 0 atom stereocenters. The zero-order chi connectivity index (χ0) is 10.4. The minimum Gasteiger partial charge on any atom is -0.366 e. The second-order valence-electron chi connectivity index (χ2n) is 3.83. The number of aromatic nitrogens is 3. The molecule has 1 aliphatic rings. The number of hydrogen-bond acceptors (Lipinski definition) is 3. The number of fused-ring (bicyclic) bond motifs is 1. The van der Waals surface area contributed by atoms with Crippen LogP contribution in [0.3, 0.4) is 0 Å². The SMILES string of the molecule is NC(=O)c1ccc2nnn(C3CC3)c2c1. The molecule has 0 saturated heterocycles. The Balaban J connectivity index is 2.21. The summed E-state index contributed by atoms with van der Waals surface area (Å²) in [4.78, 5) is 11.0. The summed E-state index contributed by atoms with van der Waals surface area (Å²) >= 11 is 0. The molecule has 0 unspecified atom stereocenters. The normalized spacial score (nSPS) is 15.7. The van der Waals surface area contributed by atoms with Crippen molar-refractivity contribution in [2.24, 2.45) is 5.73 Å². The van der Waals surface area contributed by atoms with E-state index in [1.165, 1.54) is 0 Å². The lowest BCUT2D eigenvalue weighted by atomic mass is 10.2. The molecule has 1 aromatic heterocycles. The van der Waals surface area contributed by atoms with Gasteiger partial charge in [-0.15, -0.1) is 5.10 Å². The average molecular weight is 202 g/mol. The number of benzene rings is 1. The Bertz CT molecular complexity index is 541. The van der Waals surface area contributed by atoms with Crippen molar-refractivity contribution in [3.05, 3.63) is 23.8 Å². The summed E-state index contributed by atoms with van der Waals surface area (Å²) in [7, 11) is 0. The summed E-state index contributed by atoms with van der Waals surface area (Å²) in [6, 6.07) is 5.67. The molecular formula is C10H10N4O. The molecule has 0 radical (unpaired) electrons. The van der Waals surface area contributed by atoms with Gasteiger partial charge in [0.1, 0.15) is 5.52 Å². The molecule has 1 amide bonds. The van der Waals surface area contributed by atoms with Gasteiger partial charge in [-0.1, -0.05) is 5.21 Å². The number of hydrogen-bond donors (Lipinski definition) is 1. The van der Waals surface area contributed by atoms with E-state index in [4.69, 9.17) is 5.73 Å². The van der Waals surface area contributed by atoms with E-state index in [0.717, 1.165) is 23.9 Å². The van der Waals surface area contributed by atoms with E-state index in [0.29, 0.717) is 11.6 Å². The number of carbonyl (C=O) groups is 1. The predicted octanol–water partition coefficient (Wildman–Crippen LogP) is 0.865. The van der Waals surface area contributed by atoms with Gasteiger partial charge in [0, 0.05) is 5.56 Å². The van der Waals surface area contributed by atoms with Crippen molar-refractivity contribution in [1.82, 2.24) is 15.0 Å². The van der Waals surface area contributed by atoms with Gasteiger partial charge < -0.3 is 5.73 Å². The Morgan fingerprint density at radius 1 is 1.47 bits per heavy atom. The van der Waals surface area contributed by atoms with Crippen LogP contribution in [0, 0.1) is 0 Å². The van der Waals surface area contributed by atoms with E-state index >= 15 is 0 Å². The van der Waals surface area contributed by atoms with Crippen molar-refractivity contribution in [2.75, 3.05) is 0 Å². The average Bonchev–Trinajstić information content (AvgIpc) is 2.98. The van der Waals surface area contributed by atoms with Crippen molar-refractivity contribution < 1.29 is 4.79 Å². The highest BCUT2D eigenvalue weighted by Crippen LogP contribution is 2.36. The summed E-state index contributed by atoms with van der Waals surface area (Å²) in [6.07, 6.45) is 2.28. The van der Waals surface area contributed by atoms with Crippen molar-refractivity contribution in [3.8, 4) is 0 Å². The smallest absolute Gasteiger partial charge is 0.248 e. The summed E-state index contributed by atoms with van der Waals surface area (Å²) < 4.78 is 1.88. The predicted molar refractivity (Wildman–Crippen MR) is 54.3 cm³/mol. The lowest BCUT2D eigenvalue weighted by molar-refractivity contribution is 0.100. The van der Waals surface area contributed by atoms with Gasteiger partial charge in [-0.2, -0.15) is 0 Å². The molecule has 1 saturated carbocycles. The van der Waals surface area contributed by atoms with E-state index < -0.39 is 5.91 Å². The second kappa shape index (κ2) is 2.79. The fourth-order valence-corrected chi connectivity index (χ4v) is 1.68. The minimum absolute atomic E-state index is 0.416.